The van der Waals surface area contributed by atoms with E-state index in [1.807, 2.05) is 31.2 Å². The number of amides is 1. The van der Waals surface area contributed by atoms with Gasteiger partial charge in [-0.2, -0.15) is 8.78 Å². The molecule has 0 bridgehead atoms. The number of benzene rings is 1. The van der Waals surface area contributed by atoms with Crippen LogP contribution in [0.5, 0.6) is 0 Å². The molecule has 1 saturated heterocycles. The number of unbranched alkanes of at least 4 members (excludes halogenated alkanes) is 3. The van der Waals surface area contributed by atoms with Crippen molar-refractivity contribution in [1.29, 1.82) is 0 Å². The van der Waals surface area contributed by atoms with Crippen LogP contribution in [0.15, 0.2) is 36.4 Å². The number of carboxylic acids is 1. The molecule has 0 radical (unpaired) electrons. The monoisotopic (exact) mass is 485 g/mol. The molecule has 5 nitrogen and oxygen atoms in total. The van der Waals surface area contributed by atoms with E-state index in [2.05, 4.69) is 0 Å². The van der Waals surface area contributed by atoms with Gasteiger partial charge in [0, 0.05) is 24.4 Å². The topological polar surface area (TPSA) is 77.8 Å². The third-order valence-electron chi connectivity index (χ3n) is 6.11. The van der Waals surface area contributed by atoms with E-state index in [9.17, 15) is 23.5 Å². The number of rotatable bonds is 14. The number of hydrogen-bond acceptors (Lipinski definition) is 3. The molecule has 0 aliphatic carbocycles. The molecule has 0 unspecified atom stereocenters. The van der Waals surface area contributed by atoms with Gasteiger partial charge in [-0.05, 0) is 55.7 Å². The Labute approximate surface area is 199 Å². The summed E-state index contributed by atoms with van der Waals surface area (Å²) in [6, 6.07) is 6.90. The van der Waals surface area contributed by atoms with Crippen LogP contribution in [0.1, 0.15) is 63.9 Å². The zero-order valence-corrected chi connectivity index (χ0v) is 19.8. The summed E-state index contributed by atoms with van der Waals surface area (Å²) in [7, 11) is 0. The van der Waals surface area contributed by atoms with Crippen LogP contribution in [0.4, 0.5) is 8.78 Å². The lowest BCUT2D eigenvalue weighted by atomic mass is 9.95. The smallest absolute Gasteiger partial charge is 0.327 e. The molecule has 8 heteroatoms. The van der Waals surface area contributed by atoms with Crippen molar-refractivity contribution in [1.82, 2.24) is 4.90 Å². The van der Waals surface area contributed by atoms with Gasteiger partial charge in [0.1, 0.15) is 0 Å². The van der Waals surface area contributed by atoms with Crippen molar-refractivity contribution in [3.05, 3.63) is 47.0 Å². The first-order valence-corrected chi connectivity index (χ1v) is 12.0. The number of carbonyl (C=O) groups is 2. The average Bonchev–Trinajstić information content (AvgIpc) is 2.96. The number of halogens is 3. The second kappa shape index (κ2) is 13.0. The van der Waals surface area contributed by atoms with E-state index >= 15 is 0 Å². The second-order valence-corrected chi connectivity index (χ2v) is 9.34. The van der Waals surface area contributed by atoms with E-state index in [1.54, 1.807) is 0 Å². The average molecular weight is 486 g/mol. The standard InChI is InChI=1S/C25H34ClF2NO4/c1-18(8-6-9-19-10-7-11-20(26)16-19)22(30)14-13-21-17-25(27,28)24(33)29(21)15-5-3-2-4-12-23(31)32/h7,10-11,13-14,16,18,21-22,30H,2-6,8-9,12,15,17H2,1H3,(H,31,32)/b14-13+/t18-,21-,22+/m0/s1. The number of aliphatic hydroxyl groups excluding tert-OH is 1. The molecule has 1 heterocycles. The molecule has 1 aliphatic rings. The Balaban J connectivity index is 1.82. The molecule has 1 aromatic rings. The fraction of sp³-hybridized carbons (Fsp3) is 0.600. The molecule has 1 amide bonds. The first kappa shape index (κ1) is 27.3. The van der Waals surface area contributed by atoms with Gasteiger partial charge in [0.2, 0.25) is 0 Å². The molecule has 2 N–H and O–H groups in total. The van der Waals surface area contributed by atoms with Gasteiger partial charge < -0.3 is 15.1 Å². The van der Waals surface area contributed by atoms with Crippen molar-refractivity contribution >= 4 is 23.5 Å². The molecule has 1 fully saturated rings. The third kappa shape index (κ3) is 9.05. The number of likely N-dealkylation sites (tertiary alicyclic amines) is 1. The Morgan fingerprint density at radius 3 is 2.70 bits per heavy atom. The number of aliphatic hydroxyl groups is 1. The van der Waals surface area contributed by atoms with Gasteiger partial charge in [0.05, 0.1) is 12.1 Å². The van der Waals surface area contributed by atoms with Gasteiger partial charge in [-0.25, -0.2) is 0 Å². The van der Waals surface area contributed by atoms with Crippen LogP contribution in [0.2, 0.25) is 5.02 Å². The number of carboxylic acid groups (broad SMARTS) is 1. The van der Waals surface area contributed by atoms with Gasteiger partial charge >= 0.3 is 11.9 Å². The minimum atomic E-state index is -3.40. The molecule has 184 valence electrons. The summed E-state index contributed by atoms with van der Waals surface area (Å²) < 4.78 is 28.1. The zero-order chi connectivity index (χ0) is 24.4. The highest BCUT2D eigenvalue weighted by Gasteiger charge is 2.52. The molecule has 0 saturated carbocycles. The maximum absolute atomic E-state index is 14.0. The zero-order valence-electron chi connectivity index (χ0n) is 19.1. The lowest BCUT2D eigenvalue weighted by Gasteiger charge is -2.22. The summed E-state index contributed by atoms with van der Waals surface area (Å²) in [5.74, 6) is -5.48. The predicted octanol–water partition coefficient (Wildman–Crippen LogP) is 5.49. The lowest BCUT2D eigenvalue weighted by Crippen LogP contribution is -2.36. The van der Waals surface area contributed by atoms with Gasteiger partial charge in [0.25, 0.3) is 5.91 Å². The maximum Gasteiger partial charge on any atom is 0.327 e. The molecule has 1 aromatic carbocycles. The lowest BCUT2D eigenvalue weighted by molar-refractivity contribution is -0.148. The van der Waals surface area contributed by atoms with E-state index < -0.39 is 36.4 Å². The maximum atomic E-state index is 14.0. The Kier molecular flexibility index (Phi) is 10.8. The molecule has 3 atom stereocenters. The van der Waals surface area contributed by atoms with Crippen molar-refractivity contribution in [3.8, 4) is 0 Å². The SMILES string of the molecule is C[C@@H](CCCc1cccc(Cl)c1)[C@H](O)/C=C/[C@H]1CC(F)(F)C(=O)N1CCCCCCC(=O)O. The fourth-order valence-corrected chi connectivity index (χ4v) is 4.31. The minimum Gasteiger partial charge on any atom is -0.481 e. The fourth-order valence-electron chi connectivity index (χ4n) is 4.10. The molecule has 2 rings (SSSR count). The number of aliphatic carboxylic acids is 1. The summed E-state index contributed by atoms with van der Waals surface area (Å²) in [6.45, 7) is 2.11. The van der Waals surface area contributed by atoms with Gasteiger partial charge in [0.15, 0.2) is 0 Å². The van der Waals surface area contributed by atoms with Gasteiger partial charge in [-0.1, -0.05) is 55.7 Å². The third-order valence-corrected chi connectivity index (χ3v) is 6.34. The normalized spacial score (nSPS) is 19.8. The van der Waals surface area contributed by atoms with E-state index in [0.717, 1.165) is 24.8 Å². The van der Waals surface area contributed by atoms with Crippen molar-refractivity contribution in [2.75, 3.05) is 6.54 Å². The summed E-state index contributed by atoms with van der Waals surface area (Å²) >= 11 is 6.00. The first-order valence-electron chi connectivity index (χ1n) is 11.6. The van der Waals surface area contributed by atoms with Crippen LogP contribution >= 0.6 is 11.6 Å². The van der Waals surface area contributed by atoms with Crippen LogP contribution in [-0.4, -0.2) is 51.6 Å². The quantitative estimate of drug-likeness (QED) is 0.270. The van der Waals surface area contributed by atoms with Crippen LogP contribution in [-0.2, 0) is 16.0 Å². The van der Waals surface area contributed by atoms with E-state index in [1.165, 1.54) is 17.1 Å². The van der Waals surface area contributed by atoms with Gasteiger partial charge in [-0.3, -0.25) is 9.59 Å². The van der Waals surface area contributed by atoms with Crippen LogP contribution in [0.25, 0.3) is 0 Å². The highest BCUT2D eigenvalue weighted by molar-refractivity contribution is 6.30. The number of aryl methyl sites for hydroxylation is 1. The number of alkyl halides is 2. The van der Waals surface area contributed by atoms with Crippen LogP contribution in [0, 0.1) is 5.92 Å². The molecule has 1 aliphatic heterocycles. The summed E-state index contributed by atoms with van der Waals surface area (Å²) in [5, 5.41) is 19.8. The highest BCUT2D eigenvalue weighted by atomic mass is 35.5. The Morgan fingerprint density at radius 2 is 2.00 bits per heavy atom. The number of nitrogens with zero attached hydrogens (tertiary/aromatic N) is 1. The Bertz CT molecular complexity index is 817. The molecular weight excluding hydrogens is 452 g/mol. The molecule has 33 heavy (non-hydrogen) atoms. The summed E-state index contributed by atoms with van der Waals surface area (Å²) in [6.07, 6.45) is 6.65. The van der Waals surface area contributed by atoms with Crippen molar-refractivity contribution < 1.29 is 28.6 Å². The number of carbonyl (C=O) groups excluding carboxylic acids is 1. The Hall–Kier alpha value is -1.99. The molecular formula is C25H34ClF2NO4. The van der Waals surface area contributed by atoms with Gasteiger partial charge in [-0.15, -0.1) is 0 Å². The second-order valence-electron chi connectivity index (χ2n) is 8.91. The molecule has 0 aromatic heterocycles. The van der Waals surface area contributed by atoms with Crippen molar-refractivity contribution in [3.63, 3.8) is 0 Å². The van der Waals surface area contributed by atoms with Crippen molar-refractivity contribution in [2.45, 2.75) is 82.8 Å². The largest absolute Gasteiger partial charge is 0.481 e. The van der Waals surface area contributed by atoms with E-state index in [4.69, 9.17) is 16.7 Å². The predicted molar refractivity (Wildman–Crippen MR) is 124 cm³/mol. The summed E-state index contributed by atoms with van der Waals surface area (Å²) in [4.78, 5) is 23.8. The summed E-state index contributed by atoms with van der Waals surface area (Å²) in [5.41, 5.74) is 1.13. The van der Waals surface area contributed by atoms with Crippen molar-refractivity contribution in [2.24, 2.45) is 5.92 Å². The first-order chi connectivity index (χ1) is 15.6. The van der Waals surface area contributed by atoms with Crippen LogP contribution in [0.3, 0.4) is 0 Å². The van der Waals surface area contributed by atoms with E-state index in [0.29, 0.717) is 30.7 Å². The van der Waals surface area contributed by atoms with E-state index in [-0.39, 0.29) is 18.9 Å². The highest BCUT2D eigenvalue weighted by Crippen LogP contribution is 2.34. The minimum absolute atomic E-state index is 0.0549. The Morgan fingerprint density at radius 1 is 1.27 bits per heavy atom. The van der Waals surface area contributed by atoms with Crippen LogP contribution < -0.4 is 0 Å². The number of hydrogen-bond donors (Lipinski definition) is 2. The molecule has 0 spiro atoms.